The summed E-state index contributed by atoms with van der Waals surface area (Å²) in [5.41, 5.74) is 0.715. The summed E-state index contributed by atoms with van der Waals surface area (Å²) in [6.45, 7) is 0. The third-order valence-corrected chi connectivity index (χ3v) is 2.19. The highest BCUT2D eigenvalue weighted by molar-refractivity contribution is 5.58. The molecule has 5 heteroatoms. The maximum Gasteiger partial charge on any atom is 0.317 e. The summed E-state index contributed by atoms with van der Waals surface area (Å²) in [6, 6.07) is 5.65. The van der Waals surface area contributed by atoms with Crippen molar-refractivity contribution < 1.29 is 14.2 Å². The Labute approximate surface area is 85.0 Å². The van der Waals surface area contributed by atoms with Crippen molar-refractivity contribution in [1.82, 2.24) is 0 Å². The Kier molecular flexibility index (Phi) is 2.31. The third-order valence-electron chi connectivity index (χ3n) is 2.19. The lowest BCUT2D eigenvalue weighted by atomic mass is 10.1. The molecule has 0 amide bonds. The van der Waals surface area contributed by atoms with Crippen molar-refractivity contribution in [3.63, 3.8) is 0 Å². The molecule has 0 aliphatic carbocycles. The lowest BCUT2D eigenvalue weighted by Gasteiger charge is -2.01. The molecular weight excluding hydrogens is 199 g/mol. The Morgan fingerprint density at radius 1 is 1.47 bits per heavy atom. The number of hydrogen-bond donors (Lipinski definition) is 0. The van der Waals surface area contributed by atoms with Crippen LogP contribution < -0.4 is 0 Å². The maximum absolute atomic E-state index is 12.6. The first-order chi connectivity index (χ1) is 7.20. The molecule has 76 valence electrons. The van der Waals surface area contributed by atoms with E-state index in [1.54, 1.807) is 5.87 Å². The molecule has 1 saturated heterocycles. The summed E-state index contributed by atoms with van der Waals surface area (Å²) >= 11 is 0. The summed E-state index contributed by atoms with van der Waals surface area (Å²) in [6.07, 6.45) is -0.260. The smallest absolute Gasteiger partial charge is 0.317 e. The van der Waals surface area contributed by atoms with Crippen LogP contribution in [0, 0.1) is 10.7 Å². The third kappa shape index (κ3) is 1.78. The molecule has 1 fully saturated rings. The molecule has 0 saturated carbocycles. The lowest BCUT2D eigenvalue weighted by Crippen LogP contribution is -1.99. The molecule has 4 nitrogen and oxygen atoms in total. The number of rotatable bonds is 1. The minimum Gasteiger partial charge on any atom is -0.758 e. The Bertz CT molecular complexity index is 449. The predicted molar refractivity (Wildman–Crippen MR) is 50.3 cm³/mol. The second kappa shape index (κ2) is 3.63. The van der Waals surface area contributed by atoms with Crippen molar-refractivity contribution in [3.05, 3.63) is 51.7 Å². The average Bonchev–Trinajstić information content (AvgIpc) is 2.61. The van der Waals surface area contributed by atoms with Crippen LogP contribution in [0.3, 0.4) is 0 Å². The summed E-state index contributed by atoms with van der Waals surface area (Å²) in [4.78, 5) is 16.1. The van der Waals surface area contributed by atoms with Gasteiger partial charge in [0, 0.05) is 5.56 Å². The Morgan fingerprint density at radius 2 is 2.13 bits per heavy atom. The first kappa shape index (κ1) is 9.55. The summed E-state index contributed by atoms with van der Waals surface area (Å²) < 4.78 is 12.6. The van der Waals surface area contributed by atoms with Gasteiger partial charge in [-0.15, -0.1) is 0 Å². The fourth-order valence-electron chi connectivity index (χ4n) is 1.41. The number of nitrogens with zero attached hydrogens (tertiary/aromatic N) is 2. The number of benzene rings is 1. The highest BCUT2D eigenvalue weighted by Crippen LogP contribution is 2.31. The van der Waals surface area contributed by atoms with Gasteiger partial charge in [-0.3, -0.25) is 0 Å². The predicted octanol–water partition coefficient (Wildman–Crippen LogP) is 2.10. The fourth-order valence-corrected chi connectivity index (χ4v) is 1.41. The van der Waals surface area contributed by atoms with Crippen molar-refractivity contribution in [1.29, 1.82) is 0 Å². The zero-order chi connectivity index (χ0) is 10.8. The van der Waals surface area contributed by atoms with Gasteiger partial charge in [0.15, 0.2) is 0 Å². The molecule has 0 aromatic heterocycles. The number of halogens is 1. The molecule has 0 N–H and O–H groups in total. The molecule has 15 heavy (non-hydrogen) atoms. The summed E-state index contributed by atoms with van der Waals surface area (Å²) in [5.74, 6) is 1.41. The molecule has 2 rings (SSSR count). The van der Waals surface area contributed by atoms with E-state index in [-0.39, 0.29) is 22.9 Å². The lowest BCUT2D eigenvalue weighted by molar-refractivity contribution is -0.758. The van der Waals surface area contributed by atoms with Crippen LogP contribution in [-0.2, 0) is 4.84 Å². The molecule has 1 aliphatic heterocycles. The summed E-state index contributed by atoms with van der Waals surface area (Å²) in [5, 5.41) is 8.58. The van der Waals surface area contributed by atoms with E-state index in [0.29, 0.717) is 5.56 Å². The van der Waals surface area contributed by atoms with Gasteiger partial charge in [0.1, 0.15) is 5.82 Å². The van der Waals surface area contributed by atoms with Crippen LogP contribution in [0.25, 0.3) is 5.41 Å². The second-order valence-electron chi connectivity index (χ2n) is 3.17. The fraction of sp³-hybridized carbons (Fsp3) is 0.200. The Balaban J connectivity index is 2.24. The van der Waals surface area contributed by atoms with Crippen molar-refractivity contribution in [3.8, 4) is 0 Å². The van der Waals surface area contributed by atoms with E-state index in [9.17, 15) is 9.30 Å². The molecular formula is C10H7FN2O2. The van der Waals surface area contributed by atoms with E-state index in [1.807, 2.05) is 0 Å². The van der Waals surface area contributed by atoms with E-state index in [2.05, 4.69) is 0 Å². The van der Waals surface area contributed by atoms with Crippen LogP contribution in [0.5, 0.6) is 0 Å². The van der Waals surface area contributed by atoms with E-state index in [0.717, 1.165) is 0 Å². The van der Waals surface area contributed by atoms with Crippen LogP contribution in [0.4, 0.5) is 4.39 Å². The Hall–Kier alpha value is -2.00. The maximum atomic E-state index is 12.6. The molecule has 1 aliphatic rings. The van der Waals surface area contributed by atoms with Gasteiger partial charge in [0.2, 0.25) is 6.10 Å². The quantitative estimate of drug-likeness (QED) is 0.660. The van der Waals surface area contributed by atoms with E-state index in [4.69, 9.17) is 10.2 Å². The summed E-state index contributed by atoms with van der Waals surface area (Å²) in [7, 11) is 0. The average molecular weight is 206 g/mol. The normalized spacial score (nSPS) is 19.9. The van der Waals surface area contributed by atoms with Gasteiger partial charge >= 0.3 is 5.70 Å². The first-order valence-corrected chi connectivity index (χ1v) is 4.36. The van der Waals surface area contributed by atoms with E-state index < -0.39 is 6.10 Å². The van der Waals surface area contributed by atoms with Gasteiger partial charge < -0.3 is 5.41 Å². The number of hydrogen-bond acceptors (Lipinski definition) is 2. The monoisotopic (exact) mass is 206 g/mol. The molecule has 1 unspecified atom stereocenters. The van der Waals surface area contributed by atoms with Crippen molar-refractivity contribution >= 4 is 5.87 Å². The van der Waals surface area contributed by atoms with Crippen LogP contribution in [0.2, 0.25) is 0 Å². The zero-order valence-corrected chi connectivity index (χ0v) is 7.68. The van der Waals surface area contributed by atoms with Crippen LogP contribution in [0.15, 0.2) is 30.0 Å². The van der Waals surface area contributed by atoms with Crippen molar-refractivity contribution in [2.45, 2.75) is 12.5 Å². The van der Waals surface area contributed by atoms with Gasteiger partial charge in [-0.05, 0) is 12.1 Å². The first-order valence-electron chi connectivity index (χ1n) is 4.36. The van der Waals surface area contributed by atoms with Crippen LogP contribution in [0.1, 0.15) is 18.1 Å². The SMILES string of the molecule is [N-]=C=C1CC(c2ccc(F)cc2)O[N+]1=O. The standard InChI is InChI=1S/C10H7FN2O2/c11-8-3-1-7(2-4-8)10-5-9(6-12)13(14)15-10/h1-4,10H,5H2. The largest absolute Gasteiger partial charge is 0.758 e. The minimum absolute atomic E-state index is 0.0318. The molecule has 0 spiro atoms. The molecule has 1 heterocycles. The van der Waals surface area contributed by atoms with Gasteiger partial charge in [-0.2, -0.15) is 5.87 Å². The van der Waals surface area contributed by atoms with Crippen molar-refractivity contribution in [2.75, 3.05) is 0 Å². The topological polar surface area (TPSA) is 51.6 Å². The molecule has 1 atom stereocenters. The second-order valence-corrected chi connectivity index (χ2v) is 3.17. The highest BCUT2D eigenvalue weighted by atomic mass is 19.1. The van der Waals surface area contributed by atoms with Gasteiger partial charge in [-0.25, -0.2) is 9.23 Å². The van der Waals surface area contributed by atoms with Gasteiger partial charge in [0.25, 0.3) is 4.92 Å². The van der Waals surface area contributed by atoms with E-state index >= 15 is 0 Å². The van der Waals surface area contributed by atoms with Gasteiger partial charge in [0.05, 0.1) is 11.3 Å². The van der Waals surface area contributed by atoms with Crippen molar-refractivity contribution in [2.24, 2.45) is 0 Å². The minimum atomic E-state index is -0.488. The molecule has 1 aromatic rings. The molecule has 1 aromatic carbocycles. The molecule has 0 bridgehead atoms. The molecule has 0 radical (unpaired) electrons. The zero-order valence-electron chi connectivity index (χ0n) is 7.68. The van der Waals surface area contributed by atoms with Crippen LogP contribution in [-0.4, -0.2) is 10.8 Å². The Morgan fingerprint density at radius 3 is 2.67 bits per heavy atom. The van der Waals surface area contributed by atoms with Gasteiger partial charge in [-0.1, -0.05) is 12.1 Å². The van der Waals surface area contributed by atoms with Crippen LogP contribution >= 0.6 is 0 Å². The highest BCUT2D eigenvalue weighted by Gasteiger charge is 2.38. The van der Waals surface area contributed by atoms with E-state index in [1.165, 1.54) is 24.3 Å².